The molecule has 2 aliphatic rings. The fourth-order valence-electron chi connectivity index (χ4n) is 4.48. The van der Waals surface area contributed by atoms with Crippen molar-refractivity contribution in [1.29, 1.82) is 0 Å². The van der Waals surface area contributed by atoms with Crippen molar-refractivity contribution in [3.8, 4) is 28.3 Å². The largest absolute Gasteiger partial charge is 0.506 e. The summed E-state index contributed by atoms with van der Waals surface area (Å²) in [4.78, 5) is 11.0. The van der Waals surface area contributed by atoms with Gasteiger partial charge in [0.2, 0.25) is 5.95 Å². The zero-order valence-electron chi connectivity index (χ0n) is 18.1. The molecule has 33 heavy (non-hydrogen) atoms. The first-order valence-electron chi connectivity index (χ1n) is 11.1. The molecule has 1 saturated heterocycles. The Kier molecular flexibility index (Phi) is 4.68. The minimum Gasteiger partial charge on any atom is -0.506 e. The Morgan fingerprint density at radius 2 is 1.97 bits per heavy atom. The van der Waals surface area contributed by atoms with Gasteiger partial charge in [0.15, 0.2) is 5.82 Å². The molecular formula is C23H23FN8O. The van der Waals surface area contributed by atoms with Crippen molar-refractivity contribution in [2.75, 3.05) is 24.5 Å². The Balaban J connectivity index is 1.25. The van der Waals surface area contributed by atoms with Gasteiger partial charge in [0.05, 0.1) is 6.20 Å². The Morgan fingerprint density at radius 1 is 1.09 bits per heavy atom. The van der Waals surface area contributed by atoms with Gasteiger partial charge in [0, 0.05) is 56.1 Å². The van der Waals surface area contributed by atoms with Crippen LogP contribution in [0.5, 0.6) is 5.75 Å². The minimum absolute atomic E-state index is 0.0704. The van der Waals surface area contributed by atoms with Crippen LogP contribution in [0.2, 0.25) is 0 Å². The van der Waals surface area contributed by atoms with Gasteiger partial charge in [-0.05, 0) is 42.5 Å². The highest BCUT2D eigenvalue weighted by atomic mass is 19.1. The van der Waals surface area contributed by atoms with Crippen LogP contribution in [0.25, 0.3) is 33.4 Å². The minimum atomic E-state index is -0.422. The molecule has 4 heterocycles. The summed E-state index contributed by atoms with van der Waals surface area (Å²) in [6.07, 6.45) is 7.48. The third-order valence-electron chi connectivity index (χ3n) is 6.35. The Labute approximate surface area is 189 Å². The SMILES string of the molecule is Cn1cc2cc(-c3cnc(-c4cnc(N5CCNC(C6CC6)C5)nn4)c(O)c3)cc(F)c2n1. The van der Waals surface area contributed by atoms with Crippen LogP contribution >= 0.6 is 0 Å². The van der Waals surface area contributed by atoms with Crippen LogP contribution in [0.4, 0.5) is 10.3 Å². The molecule has 1 aliphatic heterocycles. The van der Waals surface area contributed by atoms with Crippen LogP contribution in [0.15, 0.2) is 36.8 Å². The number of anilines is 1. The number of halogens is 1. The number of rotatable bonds is 4. The molecule has 0 spiro atoms. The van der Waals surface area contributed by atoms with Gasteiger partial charge in [-0.15, -0.1) is 10.2 Å². The zero-order valence-corrected chi connectivity index (χ0v) is 18.1. The number of nitrogens with one attached hydrogen (secondary N) is 1. The molecule has 1 aromatic carbocycles. The highest BCUT2D eigenvalue weighted by Crippen LogP contribution is 2.34. The van der Waals surface area contributed by atoms with Gasteiger partial charge < -0.3 is 15.3 Å². The van der Waals surface area contributed by atoms with Crippen LogP contribution in [0.1, 0.15) is 12.8 Å². The number of hydrogen-bond acceptors (Lipinski definition) is 8. The van der Waals surface area contributed by atoms with Crippen molar-refractivity contribution in [3.05, 3.63) is 42.6 Å². The number of benzene rings is 1. The van der Waals surface area contributed by atoms with E-state index in [-0.39, 0.29) is 11.4 Å². The normalized spacial score (nSPS) is 18.7. The van der Waals surface area contributed by atoms with E-state index in [1.807, 2.05) is 6.07 Å². The van der Waals surface area contributed by atoms with Crippen molar-refractivity contribution >= 4 is 16.9 Å². The number of piperazine rings is 1. The van der Waals surface area contributed by atoms with E-state index < -0.39 is 5.82 Å². The van der Waals surface area contributed by atoms with E-state index in [2.05, 4.69) is 35.5 Å². The first-order chi connectivity index (χ1) is 16.0. The smallest absolute Gasteiger partial charge is 0.245 e. The fourth-order valence-corrected chi connectivity index (χ4v) is 4.48. The monoisotopic (exact) mass is 446 g/mol. The molecule has 1 saturated carbocycles. The number of fused-ring (bicyclic) bond motifs is 1. The summed E-state index contributed by atoms with van der Waals surface area (Å²) < 4.78 is 16.0. The Bertz CT molecular complexity index is 1330. The number of aromatic hydroxyl groups is 1. The predicted octanol–water partition coefficient (Wildman–Crippen LogP) is 2.52. The van der Waals surface area contributed by atoms with Gasteiger partial charge in [-0.2, -0.15) is 5.10 Å². The second-order valence-electron chi connectivity index (χ2n) is 8.78. The second-order valence-corrected chi connectivity index (χ2v) is 8.78. The number of aryl methyl sites for hydroxylation is 1. The summed E-state index contributed by atoms with van der Waals surface area (Å²) in [5.41, 5.74) is 2.16. The molecule has 4 aromatic rings. The molecule has 2 N–H and O–H groups in total. The summed E-state index contributed by atoms with van der Waals surface area (Å²) >= 11 is 0. The Hall–Kier alpha value is -3.66. The molecule has 3 aromatic heterocycles. The third kappa shape index (κ3) is 3.76. The third-order valence-corrected chi connectivity index (χ3v) is 6.35. The molecule has 0 radical (unpaired) electrons. The molecule has 168 valence electrons. The molecule has 1 aliphatic carbocycles. The average Bonchev–Trinajstić information content (AvgIpc) is 3.60. The summed E-state index contributed by atoms with van der Waals surface area (Å²) in [6, 6.07) is 5.24. The van der Waals surface area contributed by atoms with Crippen molar-refractivity contribution in [2.45, 2.75) is 18.9 Å². The first-order valence-corrected chi connectivity index (χ1v) is 11.1. The van der Waals surface area contributed by atoms with Gasteiger partial charge >= 0.3 is 0 Å². The van der Waals surface area contributed by atoms with Crippen LogP contribution in [-0.2, 0) is 7.05 Å². The quantitative estimate of drug-likeness (QED) is 0.493. The van der Waals surface area contributed by atoms with E-state index in [4.69, 9.17) is 0 Å². The van der Waals surface area contributed by atoms with E-state index in [0.717, 1.165) is 25.6 Å². The van der Waals surface area contributed by atoms with Crippen LogP contribution in [0.3, 0.4) is 0 Å². The van der Waals surface area contributed by atoms with E-state index >= 15 is 0 Å². The zero-order chi connectivity index (χ0) is 22.5. The first kappa shape index (κ1) is 20.0. The maximum absolute atomic E-state index is 14.5. The number of nitrogens with zero attached hydrogens (tertiary/aromatic N) is 7. The van der Waals surface area contributed by atoms with E-state index in [1.54, 1.807) is 36.4 Å². The van der Waals surface area contributed by atoms with E-state index in [1.165, 1.54) is 18.9 Å². The topological polar surface area (TPSA) is 105 Å². The lowest BCUT2D eigenvalue weighted by atomic mass is 10.0. The molecule has 1 atom stereocenters. The lowest BCUT2D eigenvalue weighted by molar-refractivity contribution is 0.414. The lowest BCUT2D eigenvalue weighted by Gasteiger charge is -2.33. The van der Waals surface area contributed by atoms with Crippen molar-refractivity contribution < 1.29 is 9.50 Å². The maximum Gasteiger partial charge on any atom is 0.245 e. The van der Waals surface area contributed by atoms with E-state index in [0.29, 0.717) is 39.7 Å². The molecular weight excluding hydrogens is 423 g/mol. The van der Waals surface area contributed by atoms with Crippen LogP contribution < -0.4 is 10.2 Å². The van der Waals surface area contributed by atoms with Crippen molar-refractivity contribution in [1.82, 2.24) is 35.3 Å². The number of aromatic nitrogens is 6. The van der Waals surface area contributed by atoms with Gasteiger partial charge in [-0.25, -0.2) is 14.4 Å². The molecule has 0 bridgehead atoms. The van der Waals surface area contributed by atoms with Crippen LogP contribution in [-0.4, -0.2) is 60.7 Å². The highest BCUT2D eigenvalue weighted by Gasteiger charge is 2.34. The predicted molar refractivity (Wildman–Crippen MR) is 121 cm³/mol. The molecule has 9 nitrogen and oxygen atoms in total. The van der Waals surface area contributed by atoms with Gasteiger partial charge in [0.1, 0.15) is 22.7 Å². The number of pyridine rings is 1. The van der Waals surface area contributed by atoms with Crippen LogP contribution in [0, 0.1) is 11.7 Å². The fraction of sp³-hybridized carbons (Fsp3) is 0.348. The van der Waals surface area contributed by atoms with Crippen molar-refractivity contribution in [2.24, 2.45) is 13.0 Å². The lowest BCUT2D eigenvalue weighted by Crippen LogP contribution is -2.52. The van der Waals surface area contributed by atoms with E-state index in [9.17, 15) is 9.50 Å². The van der Waals surface area contributed by atoms with Gasteiger partial charge in [0.25, 0.3) is 0 Å². The summed E-state index contributed by atoms with van der Waals surface area (Å²) in [7, 11) is 1.75. The molecule has 1 unspecified atom stereocenters. The summed E-state index contributed by atoms with van der Waals surface area (Å²) in [6.45, 7) is 2.61. The Morgan fingerprint density at radius 3 is 2.73 bits per heavy atom. The highest BCUT2D eigenvalue weighted by molar-refractivity contribution is 5.85. The maximum atomic E-state index is 14.5. The van der Waals surface area contributed by atoms with Crippen molar-refractivity contribution in [3.63, 3.8) is 0 Å². The van der Waals surface area contributed by atoms with Gasteiger partial charge in [-0.3, -0.25) is 4.68 Å². The molecule has 6 rings (SSSR count). The average molecular weight is 446 g/mol. The molecule has 10 heteroatoms. The van der Waals surface area contributed by atoms with Gasteiger partial charge in [-0.1, -0.05) is 0 Å². The summed E-state index contributed by atoms with van der Waals surface area (Å²) in [5.74, 6) is 0.850. The second kappa shape index (κ2) is 7.73. The molecule has 0 amide bonds. The molecule has 2 fully saturated rings. The standard InChI is InChI=1S/C23H23FN8O/c1-31-11-16-6-14(7-17(24)21(16)30-31)15-8-20(33)22(26-9-15)18-10-27-23(29-28-18)32-5-4-25-19(12-32)13-2-3-13/h6-11,13,19,25,33H,2-5,12H2,1H3. The summed E-state index contributed by atoms with van der Waals surface area (Å²) in [5, 5.41) is 27.6. The number of hydrogen-bond donors (Lipinski definition) is 2.